The molecule has 18 heavy (non-hydrogen) atoms. The first-order valence-electron chi connectivity index (χ1n) is 5.42. The number of nitrogens with one attached hydrogen (secondary N) is 2. The van der Waals surface area contributed by atoms with Crippen molar-refractivity contribution in [3.05, 3.63) is 24.3 Å². The van der Waals surface area contributed by atoms with E-state index in [1.807, 2.05) is 18.2 Å². The van der Waals surface area contributed by atoms with Gasteiger partial charge in [-0.05, 0) is 19.2 Å². The molecule has 0 radical (unpaired) electrons. The highest BCUT2D eigenvalue weighted by Gasteiger charge is 2.01. The third kappa shape index (κ3) is 6.44. The predicted octanol–water partition coefficient (Wildman–Crippen LogP) is 1.29. The number of ether oxygens (including phenoxy) is 2. The fourth-order valence-corrected chi connectivity index (χ4v) is 1.27. The van der Waals surface area contributed by atoms with Gasteiger partial charge in [-0.25, -0.2) is 0 Å². The molecule has 0 spiro atoms. The Labute approximate surface area is 113 Å². The summed E-state index contributed by atoms with van der Waals surface area (Å²) in [6.45, 7) is 1.31. The Bertz CT molecular complexity index is 361. The molecule has 0 bridgehead atoms. The summed E-state index contributed by atoms with van der Waals surface area (Å²) >= 11 is 0. The lowest BCUT2D eigenvalue weighted by molar-refractivity contribution is -0.115. The van der Waals surface area contributed by atoms with E-state index >= 15 is 0 Å². The summed E-state index contributed by atoms with van der Waals surface area (Å²) in [4.78, 5) is 11.3. The minimum Gasteiger partial charge on any atom is -0.491 e. The molecule has 0 fully saturated rings. The lowest BCUT2D eigenvalue weighted by Crippen LogP contribution is -2.25. The van der Waals surface area contributed by atoms with Gasteiger partial charge in [0, 0.05) is 18.9 Å². The SMILES string of the molecule is CNCC(=O)Nc1cccc(OCCOC)c1.Cl. The smallest absolute Gasteiger partial charge is 0.238 e. The van der Waals surface area contributed by atoms with Crippen molar-refractivity contribution in [1.82, 2.24) is 5.32 Å². The number of rotatable bonds is 7. The number of carbonyl (C=O) groups excluding carboxylic acids is 1. The van der Waals surface area contributed by atoms with Crippen LogP contribution in [-0.2, 0) is 9.53 Å². The summed E-state index contributed by atoms with van der Waals surface area (Å²) in [5.41, 5.74) is 0.722. The van der Waals surface area contributed by atoms with Crippen molar-refractivity contribution in [2.75, 3.05) is 39.2 Å². The number of amides is 1. The van der Waals surface area contributed by atoms with Gasteiger partial charge in [-0.15, -0.1) is 12.4 Å². The number of anilines is 1. The van der Waals surface area contributed by atoms with Crippen LogP contribution in [-0.4, -0.2) is 39.8 Å². The van der Waals surface area contributed by atoms with Gasteiger partial charge in [0.2, 0.25) is 5.91 Å². The Morgan fingerprint density at radius 3 is 2.78 bits per heavy atom. The van der Waals surface area contributed by atoms with Gasteiger partial charge < -0.3 is 20.1 Å². The molecule has 102 valence electrons. The molecule has 0 aliphatic rings. The van der Waals surface area contributed by atoms with E-state index < -0.39 is 0 Å². The van der Waals surface area contributed by atoms with Crippen LogP contribution in [0, 0.1) is 0 Å². The molecular weight excluding hydrogens is 256 g/mol. The number of hydrogen-bond acceptors (Lipinski definition) is 4. The monoisotopic (exact) mass is 274 g/mol. The molecule has 5 nitrogen and oxygen atoms in total. The summed E-state index contributed by atoms with van der Waals surface area (Å²) in [5, 5.41) is 5.55. The molecule has 6 heteroatoms. The van der Waals surface area contributed by atoms with E-state index in [2.05, 4.69) is 10.6 Å². The maximum absolute atomic E-state index is 11.3. The van der Waals surface area contributed by atoms with Crippen molar-refractivity contribution in [1.29, 1.82) is 0 Å². The molecule has 0 saturated heterocycles. The summed E-state index contributed by atoms with van der Waals surface area (Å²) in [7, 11) is 3.35. The van der Waals surface area contributed by atoms with Gasteiger partial charge >= 0.3 is 0 Å². The second-order valence-corrected chi connectivity index (χ2v) is 3.45. The Morgan fingerprint density at radius 2 is 2.11 bits per heavy atom. The van der Waals surface area contributed by atoms with Gasteiger partial charge in [-0.2, -0.15) is 0 Å². The molecule has 1 rings (SSSR count). The van der Waals surface area contributed by atoms with Crippen LogP contribution in [0.3, 0.4) is 0 Å². The quantitative estimate of drug-likeness (QED) is 0.736. The highest BCUT2D eigenvalue weighted by molar-refractivity contribution is 5.92. The maximum atomic E-state index is 11.3. The van der Waals surface area contributed by atoms with Crippen LogP contribution in [0.15, 0.2) is 24.3 Å². The number of hydrogen-bond donors (Lipinski definition) is 2. The summed E-state index contributed by atoms with van der Waals surface area (Å²) in [6.07, 6.45) is 0. The second-order valence-electron chi connectivity index (χ2n) is 3.45. The summed E-state index contributed by atoms with van der Waals surface area (Å²) < 4.78 is 10.3. The standard InChI is InChI=1S/C12H18N2O3.ClH/c1-13-9-12(15)14-10-4-3-5-11(8-10)17-7-6-16-2;/h3-5,8,13H,6-7,9H2,1-2H3,(H,14,15);1H. The van der Waals surface area contributed by atoms with Gasteiger partial charge in [0.25, 0.3) is 0 Å². The molecule has 0 aliphatic heterocycles. The van der Waals surface area contributed by atoms with E-state index in [-0.39, 0.29) is 24.9 Å². The van der Waals surface area contributed by atoms with Gasteiger partial charge in [0.1, 0.15) is 12.4 Å². The topological polar surface area (TPSA) is 59.6 Å². The average molecular weight is 275 g/mol. The Balaban J connectivity index is 0.00000289. The zero-order chi connectivity index (χ0) is 12.5. The number of halogens is 1. The number of likely N-dealkylation sites (N-methyl/N-ethyl adjacent to an activating group) is 1. The van der Waals surface area contributed by atoms with Crippen LogP contribution in [0.25, 0.3) is 0 Å². The lowest BCUT2D eigenvalue weighted by atomic mass is 10.3. The second kappa shape index (κ2) is 9.70. The highest BCUT2D eigenvalue weighted by Crippen LogP contribution is 2.17. The zero-order valence-electron chi connectivity index (χ0n) is 10.6. The van der Waals surface area contributed by atoms with Crippen molar-refractivity contribution < 1.29 is 14.3 Å². The van der Waals surface area contributed by atoms with E-state index in [1.165, 1.54) is 0 Å². The Kier molecular flexibility index (Phi) is 9.00. The Hall–Kier alpha value is -1.30. The average Bonchev–Trinajstić information content (AvgIpc) is 2.30. The van der Waals surface area contributed by atoms with Crippen molar-refractivity contribution in [2.45, 2.75) is 0 Å². The molecule has 1 aromatic rings. The van der Waals surface area contributed by atoms with Crippen molar-refractivity contribution in [2.24, 2.45) is 0 Å². The first-order chi connectivity index (χ1) is 8.26. The summed E-state index contributed by atoms with van der Waals surface area (Å²) in [6, 6.07) is 7.26. The molecule has 0 atom stereocenters. The fraction of sp³-hybridized carbons (Fsp3) is 0.417. The zero-order valence-corrected chi connectivity index (χ0v) is 11.4. The van der Waals surface area contributed by atoms with Gasteiger partial charge in [0.15, 0.2) is 0 Å². The van der Waals surface area contributed by atoms with Crippen LogP contribution in [0.2, 0.25) is 0 Å². The molecule has 0 aliphatic carbocycles. The van der Waals surface area contributed by atoms with E-state index in [0.29, 0.717) is 19.0 Å². The van der Waals surface area contributed by atoms with E-state index in [4.69, 9.17) is 9.47 Å². The summed E-state index contributed by atoms with van der Waals surface area (Å²) in [5.74, 6) is 0.630. The highest BCUT2D eigenvalue weighted by atomic mass is 35.5. The largest absolute Gasteiger partial charge is 0.491 e. The maximum Gasteiger partial charge on any atom is 0.238 e. The van der Waals surface area contributed by atoms with Gasteiger partial charge in [-0.1, -0.05) is 6.07 Å². The first kappa shape index (κ1) is 16.7. The van der Waals surface area contributed by atoms with Crippen molar-refractivity contribution in [3.8, 4) is 5.75 Å². The molecule has 2 N–H and O–H groups in total. The molecule has 1 aromatic carbocycles. The molecule has 1 amide bonds. The first-order valence-corrected chi connectivity index (χ1v) is 5.42. The minimum atomic E-state index is -0.0819. The van der Waals surface area contributed by atoms with Crippen molar-refractivity contribution in [3.63, 3.8) is 0 Å². The third-order valence-electron chi connectivity index (χ3n) is 2.01. The number of carbonyl (C=O) groups is 1. The molecule has 0 saturated carbocycles. The number of methoxy groups -OCH3 is 1. The van der Waals surface area contributed by atoms with Crippen LogP contribution >= 0.6 is 12.4 Å². The van der Waals surface area contributed by atoms with Crippen LogP contribution in [0.5, 0.6) is 5.75 Å². The normalized spacial score (nSPS) is 9.44. The van der Waals surface area contributed by atoms with Gasteiger partial charge in [0.05, 0.1) is 13.2 Å². The molecular formula is C12H19ClN2O3. The van der Waals surface area contributed by atoms with Crippen molar-refractivity contribution >= 4 is 24.0 Å². The number of benzene rings is 1. The van der Waals surface area contributed by atoms with Gasteiger partial charge in [-0.3, -0.25) is 4.79 Å². The molecule has 0 heterocycles. The predicted molar refractivity (Wildman–Crippen MR) is 73.6 cm³/mol. The van der Waals surface area contributed by atoms with E-state index in [9.17, 15) is 4.79 Å². The molecule has 0 unspecified atom stereocenters. The Morgan fingerprint density at radius 1 is 1.33 bits per heavy atom. The van der Waals surface area contributed by atoms with Crippen LogP contribution in [0.4, 0.5) is 5.69 Å². The van der Waals surface area contributed by atoms with E-state index in [0.717, 1.165) is 5.69 Å². The lowest BCUT2D eigenvalue weighted by Gasteiger charge is -2.08. The molecule has 0 aromatic heterocycles. The van der Waals surface area contributed by atoms with Crippen LogP contribution in [0.1, 0.15) is 0 Å². The third-order valence-corrected chi connectivity index (χ3v) is 2.01. The minimum absolute atomic E-state index is 0. The van der Waals surface area contributed by atoms with Crippen LogP contribution < -0.4 is 15.4 Å². The fourth-order valence-electron chi connectivity index (χ4n) is 1.27. The van der Waals surface area contributed by atoms with E-state index in [1.54, 1.807) is 20.2 Å².